The summed E-state index contributed by atoms with van der Waals surface area (Å²) in [6, 6.07) is 6.48. The first-order valence-electron chi connectivity index (χ1n) is 22.4. The smallest absolute Gasteiger partial charge is 0.353 e. The summed E-state index contributed by atoms with van der Waals surface area (Å²) >= 11 is 15.2. The predicted octanol–water partition coefficient (Wildman–Crippen LogP) is 9.85. The molecule has 68 heavy (non-hydrogen) atoms. The average molecular weight is 1010 g/mol. The van der Waals surface area contributed by atoms with Crippen LogP contribution >= 0.6 is 46.7 Å². The largest absolute Gasteiger partial charge is 0.355 e. The molecule has 0 unspecified atom stereocenters. The van der Waals surface area contributed by atoms with Gasteiger partial charge in [-0.15, -0.1) is 23.5 Å². The topological polar surface area (TPSA) is 148 Å². The zero-order valence-electron chi connectivity index (χ0n) is 39.8. The van der Waals surface area contributed by atoms with Crippen molar-refractivity contribution in [2.24, 2.45) is 0 Å². The number of aromatic nitrogens is 8. The van der Waals surface area contributed by atoms with Crippen molar-refractivity contribution >= 4 is 86.3 Å². The summed E-state index contributed by atoms with van der Waals surface area (Å²) in [4.78, 5) is 73.7. The Morgan fingerprint density at radius 2 is 1.16 bits per heavy atom. The lowest BCUT2D eigenvalue weighted by Gasteiger charge is -2.40. The van der Waals surface area contributed by atoms with E-state index in [1.807, 2.05) is 78.0 Å². The van der Waals surface area contributed by atoms with Crippen LogP contribution in [-0.2, 0) is 4.79 Å². The third kappa shape index (κ3) is 9.83. The van der Waals surface area contributed by atoms with Crippen LogP contribution in [-0.4, -0.2) is 101 Å². The molecule has 0 aromatic carbocycles. The van der Waals surface area contributed by atoms with Gasteiger partial charge in [0.2, 0.25) is 5.91 Å². The van der Waals surface area contributed by atoms with E-state index in [-0.39, 0.29) is 45.8 Å². The van der Waals surface area contributed by atoms with E-state index in [0.29, 0.717) is 64.8 Å². The molecule has 6 aromatic rings. The average Bonchev–Trinajstić information content (AvgIpc) is 3.29. The number of rotatable bonds is 9. The quantitative estimate of drug-likeness (QED) is 0.0770. The molecule has 2 aliphatic heterocycles. The number of nitrogens with zero attached hydrogens (tertiary/aromatic N) is 11. The van der Waals surface area contributed by atoms with Crippen molar-refractivity contribution in [2.75, 3.05) is 48.5 Å². The van der Waals surface area contributed by atoms with Gasteiger partial charge in [-0.3, -0.25) is 14.8 Å². The molecular weight excluding hydrogens is 952 g/mol. The maximum Gasteiger partial charge on any atom is 0.355 e. The second kappa shape index (κ2) is 20.8. The van der Waals surface area contributed by atoms with Crippen LogP contribution in [0, 0.1) is 25.5 Å². The van der Waals surface area contributed by atoms with Gasteiger partial charge in [-0.25, -0.2) is 37.5 Å². The van der Waals surface area contributed by atoms with E-state index >= 15 is 0 Å². The molecule has 2 aliphatic rings. The molecule has 0 spiro atoms. The summed E-state index contributed by atoms with van der Waals surface area (Å²) < 4.78 is 32.2. The lowest BCUT2D eigenvalue weighted by Crippen LogP contribution is -2.54. The Balaban J connectivity index is 0.000000203. The third-order valence-corrected chi connectivity index (χ3v) is 14.2. The first kappa shape index (κ1) is 50.7. The van der Waals surface area contributed by atoms with Gasteiger partial charge in [0.15, 0.2) is 33.2 Å². The number of hydrogen-bond acceptors (Lipinski definition) is 13. The molecule has 8 heterocycles. The minimum atomic E-state index is -0.707. The van der Waals surface area contributed by atoms with Gasteiger partial charge in [-0.05, 0) is 102 Å². The fourth-order valence-electron chi connectivity index (χ4n) is 8.91. The predicted molar refractivity (Wildman–Crippen MR) is 271 cm³/mol. The van der Waals surface area contributed by atoms with Gasteiger partial charge < -0.3 is 14.7 Å². The molecule has 6 aromatic heterocycles. The van der Waals surface area contributed by atoms with Gasteiger partial charge in [0.25, 0.3) is 0 Å². The molecule has 2 atom stereocenters. The Morgan fingerprint density at radius 1 is 0.706 bits per heavy atom. The third-order valence-electron chi connectivity index (χ3n) is 12.2. The molecule has 2 saturated heterocycles. The van der Waals surface area contributed by atoms with Crippen LogP contribution in [0.4, 0.5) is 20.4 Å². The first-order valence-corrected chi connectivity index (χ1v) is 25.6. The summed E-state index contributed by atoms with van der Waals surface area (Å²) in [6.45, 7) is 21.5. The van der Waals surface area contributed by atoms with Crippen LogP contribution < -0.4 is 21.2 Å². The first-order chi connectivity index (χ1) is 32.3. The SMILES string of the molecule is C=CC(=O)N1CCN(c2nc(=O)n(-c3c(SC)cc(C)nc3C(C)C)c3nc(Cl)c(F)cc23)[C@@H](C)C1.CSc1cc(C)nc(C(C)C)c1-n1c(=O)nc(N2CCCC[C@@H]2C)c2cc(F)c(Cl)nc21. The number of piperazine rings is 1. The number of fused-ring (bicyclic) bond motifs is 2. The number of piperidine rings is 1. The number of halogens is 4. The van der Waals surface area contributed by atoms with Gasteiger partial charge in [-0.1, -0.05) is 57.5 Å². The molecule has 14 nitrogen and oxygen atoms in total. The van der Waals surface area contributed by atoms with Gasteiger partial charge >= 0.3 is 11.4 Å². The molecule has 8 rings (SSSR count). The second-order valence-corrected chi connectivity index (χ2v) is 20.1. The van der Waals surface area contributed by atoms with E-state index in [4.69, 9.17) is 33.2 Å². The normalized spacial score (nSPS) is 16.5. The molecular formula is C48H55Cl2F2N11O3S2. The standard InChI is InChI=1S/C25H28ClFN6O2S.C23H27ClFN5OS/c1-7-19(34)31-8-9-32(15(5)12-31)23-16-11-17(27)22(26)29-24(16)33(25(35)30-23)21-18(36-6)10-14(4)28-20(21)13(2)3;1-12(2)18-19(17(32-5)10-13(3)26-18)30-22-15(11-16(25)20(24)27-22)21(28-23(30)31)29-9-7-6-8-14(29)4/h7,10-11,13,15H,1,8-9,12H2,2-6H3;10-12,14H,6-9H2,1-5H3/t15-;14-/m00/s1. The Hall–Kier alpha value is -5.17. The Labute approximate surface area is 412 Å². The van der Waals surface area contributed by atoms with Crippen molar-refractivity contribution in [3.8, 4) is 11.4 Å². The number of amides is 1. The number of hydrogen-bond donors (Lipinski definition) is 0. The van der Waals surface area contributed by atoms with Gasteiger partial charge in [0, 0.05) is 59.4 Å². The Morgan fingerprint density at radius 3 is 1.56 bits per heavy atom. The van der Waals surface area contributed by atoms with E-state index in [1.54, 1.807) is 4.90 Å². The summed E-state index contributed by atoms with van der Waals surface area (Å²) in [5.74, 6) is -0.672. The fourth-order valence-corrected chi connectivity index (χ4v) is 10.5. The second-order valence-electron chi connectivity index (χ2n) is 17.6. The number of thioether (sulfide) groups is 2. The highest BCUT2D eigenvalue weighted by Crippen LogP contribution is 2.37. The maximum absolute atomic E-state index is 14.7. The minimum absolute atomic E-state index is 0.00107. The van der Waals surface area contributed by atoms with Crippen LogP contribution in [0.25, 0.3) is 33.4 Å². The molecule has 2 fully saturated rings. The maximum atomic E-state index is 14.7. The van der Waals surface area contributed by atoms with Crippen molar-refractivity contribution < 1.29 is 13.6 Å². The van der Waals surface area contributed by atoms with E-state index in [2.05, 4.69) is 38.3 Å². The highest BCUT2D eigenvalue weighted by molar-refractivity contribution is 7.99. The Bertz CT molecular complexity index is 3080. The zero-order valence-corrected chi connectivity index (χ0v) is 43.0. The van der Waals surface area contributed by atoms with E-state index < -0.39 is 23.0 Å². The number of anilines is 2. The van der Waals surface area contributed by atoms with Crippen molar-refractivity contribution in [1.29, 1.82) is 0 Å². The molecule has 0 radical (unpaired) electrons. The van der Waals surface area contributed by atoms with Crippen LogP contribution in [0.15, 0.2) is 56.3 Å². The van der Waals surface area contributed by atoms with Gasteiger partial charge in [-0.2, -0.15) is 9.97 Å². The fraction of sp³-hybridized carbons (Fsp3) is 0.438. The van der Waals surface area contributed by atoms with Crippen LogP contribution in [0.5, 0.6) is 0 Å². The van der Waals surface area contributed by atoms with Crippen molar-refractivity contribution in [3.05, 3.63) is 103 Å². The monoisotopic (exact) mass is 1010 g/mol. The molecule has 0 N–H and O–H groups in total. The van der Waals surface area contributed by atoms with E-state index in [0.717, 1.165) is 52.7 Å². The van der Waals surface area contributed by atoms with Gasteiger partial charge in [0.1, 0.15) is 11.6 Å². The van der Waals surface area contributed by atoms with Crippen LogP contribution in [0.2, 0.25) is 10.3 Å². The lowest BCUT2D eigenvalue weighted by atomic mass is 10.0. The number of pyridine rings is 4. The van der Waals surface area contributed by atoms with Crippen molar-refractivity contribution in [1.82, 2.24) is 43.9 Å². The molecule has 0 saturated carbocycles. The highest BCUT2D eigenvalue weighted by atomic mass is 35.5. The van der Waals surface area contributed by atoms with E-state index in [9.17, 15) is 23.2 Å². The number of aryl methyl sites for hydroxylation is 2. The summed E-state index contributed by atoms with van der Waals surface area (Å²) in [6.07, 6.45) is 8.26. The molecule has 1 amide bonds. The molecule has 20 heteroatoms. The van der Waals surface area contributed by atoms with E-state index in [1.165, 1.54) is 50.9 Å². The summed E-state index contributed by atoms with van der Waals surface area (Å²) in [7, 11) is 0. The zero-order chi connectivity index (χ0) is 49.5. The summed E-state index contributed by atoms with van der Waals surface area (Å²) in [5, 5.41) is 0.224. The number of carbonyl (C=O) groups excluding carboxylic acids is 1. The number of carbonyl (C=O) groups is 1. The van der Waals surface area contributed by atoms with Crippen LogP contribution in [0.1, 0.15) is 95.4 Å². The van der Waals surface area contributed by atoms with Crippen molar-refractivity contribution in [2.45, 2.75) is 108 Å². The highest BCUT2D eigenvalue weighted by Gasteiger charge is 2.32. The minimum Gasteiger partial charge on any atom is -0.353 e. The Kier molecular flexibility index (Phi) is 15.5. The van der Waals surface area contributed by atoms with Crippen molar-refractivity contribution in [3.63, 3.8) is 0 Å². The molecule has 0 bridgehead atoms. The lowest BCUT2D eigenvalue weighted by molar-refractivity contribution is -0.126. The molecule has 360 valence electrons. The molecule has 0 aliphatic carbocycles. The summed E-state index contributed by atoms with van der Waals surface area (Å²) in [5.41, 5.74) is 3.84. The van der Waals surface area contributed by atoms with Crippen LogP contribution in [0.3, 0.4) is 0 Å². The van der Waals surface area contributed by atoms with Gasteiger partial charge in [0.05, 0.1) is 33.5 Å².